The molecule has 0 radical (unpaired) electrons. The quantitative estimate of drug-likeness (QED) is 0.620. The van der Waals surface area contributed by atoms with E-state index in [0.717, 1.165) is 25.3 Å². The van der Waals surface area contributed by atoms with Gasteiger partial charge < -0.3 is 25.2 Å². The van der Waals surface area contributed by atoms with Gasteiger partial charge in [0.05, 0.1) is 13.2 Å². The van der Waals surface area contributed by atoms with E-state index in [2.05, 4.69) is 17.6 Å². The van der Waals surface area contributed by atoms with Gasteiger partial charge in [-0.25, -0.2) is 0 Å². The Kier molecular flexibility index (Phi) is 7.14. The number of ether oxygens (including phenoxy) is 2. The summed E-state index contributed by atoms with van der Waals surface area (Å²) in [5.74, 6) is 1.39. The fourth-order valence-corrected chi connectivity index (χ4v) is 3.40. The number of carbonyl (C=O) groups excluding carboxylic acids is 1. The molecule has 1 fully saturated rings. The van der Waals surface area contributed by atoms with Crippen LogP contribution in [0.2, 0.25) is 0 Å². The molecule has 1 aliphatic rings. The Morgan fingerprint density at radius 3 is 2.90 bits per heavy atom. The lowest BCUT2D eigenvalue weighted by Gasteiger charge is -2.28. The molecule has 2 aromatic carbocycles. The molecule has 1 saturated heterocycles. The van der Waals surface area contributed by atoms with Gasteiger partial charge in [-0.2, -0.15) is 0 Å². The molecule has 0 spiro atoms. The zero-order valence-electron chi connectivity index (χ0n) is 16.9. The van der Waals surface area contributed by atoms with E-state index in [1.807, 2.05) is 24.3 Å². The van der Waals surface area contributed by atoms with Gasteiger partial charge in [-0.3, -0.25) is 4.79 Å². The summed E-state index contributed by atoms with van der Waals surface area (Å²) < 4.78 is 11.1. The summed E-state index contributed by atoms with van der Waals surface area (Å²) in [6.45, 7) is 4.15. The number of phenols is 1. The molecule has 0 saturated carbocycles. The number of nitrogens with one attached hydrogen (secondary N) is 2. The molecular formula is C23H28N2O4. The zero-order chi connectivity index (χ0) is 20.6. The lowest BCUT2D eigenvalue weighted by atomic mass is 9.95. The Hall–Kier alpha value is -2.99. The van der Waals surface area contributed by atoms with Crippen LogP contribution in [-0.2, 0) is 4.79 Å². The number of rotatable bonds is 7. The molecule has 0 aromatic heterocycles. The van der Waals surface area contributed by atoms with Crippen LogP contribution in [0.1, 0.15) is 25.3 Å². The number of aromatic hydroxyl groups is 1. The average molecular weight is 396 g/mol. The first-order chi connectivity index (χ1) is 14.0. The van der Waals surface area contributed by atoms with Gasteiger partial charge in [0, 0.05) is 30.3 Å². The van der Waals surface area contributed by atoms with Crippen molar-refractivity contribution in [1.29, 1.82) is 0 Å². The van der Waals surface area contributed by atoms with Crippen LogP contribution in [0.25, 0.3) is 6.08 Å². The van der Waals surface area contributed by atoms with Crippen molar-refractivity contribution >= 4 is 17.7 Å². The van der Waals surface area contributed by atoms with Crippen LogP contribution >= 0.6 is 0 Å². The van der Waals surface area contributed by atoms with E-state index >= 15 is 0 Å². The van der Waals surface area contributed by atoms with Crippen molar-refractivity contribution < 1.29 is 19.4 Å². The van der Waals surface area contributed by atoms with Crippen molar-refractivity contribution in [1.82, 2.24) is 5.32 Å². The van der Waals surface area contributed by atoms with Crippen molar-refractivity contribution in [2.45, 2.75) is 25.9 Å². The maximum absolute atomic E-state index is 12.2. The van der Waals surface area contributed by atoms with Gasteiger partial charge in [-0.1, -0.05) is 12.1 Å². The number of amides is 1. The Labute approximate surface area is 171 Å². The van der Waals surface area contributed by atoms with Crippen LogP contribution < -0.4 is 20.1 Å². The number of phenolic OH excluding ortho intramolecular Hbond substituents is 1. The number of carbonyl (C=O) groups is 1. The molecule has 154 valence electrons. The maximum Gasteiger partial charge on any atom is 0.248 e. The molecule has 29 heavy (non-hydrogen) atoms. The van der Waals surface area contributed by atoms with Crippen molar-refractivity contribution in [3.8, 4) is 17.2 Å². The average Bonchev–Trinajstić information content (AvgIpc) is 2.73. The monoisotopic (exact) mass is 396 g/mol. The highest BCUT2D eigenvalue weighted by atomic mass is 16.5. The van der Waals surface area contributed by atoms with Crippen molar-refractivity contribution in [2.75, 3.05) is 25.5 Å². The molecule has 6 heteroatoms. The molecule has 2 aromatic rings. The van der Waals surface area contributed by atoms with Crippen LogP contribution in [-0.4, -0.2) is 37.3 Å². The number of piperidine rings is 1. The summed E-state index contributed by atoms with van der Waals surface area (Å²) in [6, 6.07) is 12.4. The second kappa shape index (κ2) is 9.98. The minimum atomic E-state index is -0.262. The normalized spacial score (nSPS) is 17.7. The summed E-state index contributed by atoms with van der Waals surface area (Å²) in [6.07, 6.45) is 5.50. The number of hydrogen-bond acceptors (Lipinski definition) is 5. The molecule has 1 aliphatic heterocycles. The largest absolute Gasteiger partial charge is 0.504 e. The lowest BCUT2D eigenvalue weighted by Crippen LogP contribution is -2.37. The summed E-state index contributed by atoms with van der Waals surface area (Å²) in [5, 5.41) is 16.1. The smallest absolute Gasteiger partial charge is 0.248 e. The van der Waals surface area contributed by atoms with E-state index < -0.39 is 0 Å². The fraction of sp³-hybridized carbons (Fsp3) is 0.348. The van der Waals surface area contributed by atoms with Crippen LogP contribution in [0.15, 0.2) is 48.5 Å². The maximum atomic E-state index is 12.2. The SMILES string of the molecule is COc1ccc(C=CC(=O)Nc2cccc(OC(C)C3CCCNC3)c2)cc1O. The molecule has 2 atom stereocenters. The molecule has 2 unspecified atom stereocenters. The molecule has 3 N–H and O–H groups in total. The van der Waals surface area contributed by atoms with Crippen LogP contribution in [0, 0.1) is 5.92 Å². The Bertz CT molecular complexity index is 860. The van der Waals surface area contributed by atoms with Crippen LogP contribution in [0.4, 0.5) is 5.69 Å². The highest BCUT2D eigenvalue weighted by molar-refractivity contribution is 6.02. The van der Waals surface area contributed by atoms with Gasteiger partial charge in [-0.15, -0.1) is 0 Å². The minimum absolute atomic E-state index is 0.0298. The summed E-state index contributed by atoms with van der Waals surface area (Å²) in [5.41, 5.74) is 1.37. The first-order valence-electron chi connectivity index (χ1n) is 9.88. The number of benzene rings is 2. The van der Waals surface area contributed by atoms with Gasteiger partial charge in [-0.05, 0) is 62.2 Å². The van der Waals surface area contributed by atoms with Gasteiger partial charge in [0.25, 0.3) is 0 Å². The Balaban J connectivity index is 1.57. The van der Waals surface area contributed by atoms with Crippen molar-refractivity contribution in [2.24, 2.45) is 5.92 Å². The van der Waals surface area contributed by atoms with E-state index in [9.17, 15) is 9.90 Å². The van der Waals surface area contributed by atoms with E-state index in [1.54, 1.807) is 24.3 Å². The molecule has 3 rings (SSSR count). The predicted octanol–water partition coefficient (Wildman–Crippen LogP) is 3.82. The third-order valence-electron chi connectivity index (χ3n) is 5.05. The first-order valence-corrected chi connectivity index (χ1v) is 9.88. The third-order valence-corrected chi connectivity index (χ3v) is 5.05. The first kappa shape index (κ1) is 20.7. The van der Waals surface area contributed by atoms with E-state index in [1.165, 1.54) is 19.6 Å². The van der Waals surface area contributed by atoms with Gasteiger partial charge >= 0.3 is 0 Å². The van der Waals surface area contributed by atoms with E-state index in [-0.39, 0.29) is 17.8 Å². The zero-order valence-corrected chi connectivity index (χ0v) is 16.9. The van der Waals surface area contributed by atoms with Crippen molar-refractivity contribution in [3.63, 3.8) is 0 Å². The highest BCUT2D eigenvalue weighted by Crippen LogP contribution is 2.27. The van der Waals surface area contributed by atoms with Gasteiger partial charge in [0.1, 0.15) is 5.75 Å². The number of methoxy groups -OCH3 is 1. The molecule has 6 nitrogen and oxygen atoms in total. The van der Waals surface area contributed by atoms with Crippen molar-refractivity contribution in [3.05, 3.63) is 54.1 Å². The summed E-state index contributed by atoms with van der Waals surface area (Å²) in [4.78, 5) is 12.2. The van der Waals surface area contributed by atoms with Gasteiger partial charge in [0.15, 0.2) is 11.5 Å². The molecular weight excluding hydrogens is 368 g/mol. The van der Waals surface area contributed by atoms with E-state index in [4.69, 9.17) is 9.47 Å². The number of anilines is 1. The molecule has 0 bridgehead atoms. The molecule has 0 aliphatic carbocycles. The third kappa shape index (κ3) is 5.99. The lowest BCUT2D eigenvalue weighted by molar-refractivity contribution is -0.111. The van der Waals surface area contributed by atoms with Crippen LogP contribution in [0.5, 0.6) is 17.2 Å². The predicted molar refractivity (Wildman–Crippen MR) is 114 cm³/mol. The second-order valence-electron chi connectivity index (χ2n) is 7.21. The highest BCUT2D eigenvalue weighted by Gasteiger charge is 2.21. The Morgan fingerprint density at radius 1 is 1.31 bits per heavy atom. The van der Waals surface area contributed by atoms with Crippen LogP contribution in [0.3, 0.4) is 0 Å². The van der Waals surface area contributed by atoms with E-state index in [0.29, 0.717) is 22.9 Å². The topological polar surface area (TPSA) is 79.8 Å². The Morgan fingerprint density at radius 2 is 2.17 bits per heavy atom. The van der Waals surface area contributed by atoms with Gasteiger partial charge in [0.2, 0.25) is 5.91 Å². The standard InChI is InChI=1S/C23H28N2O4/c1-16(18-5-4-12-24-15-18)29-20-7-3-6-19(14-20)25-23(27)11-9-17-8-10-22(28-2)21(26)13-17/h3,6-11,13-14,16,18,24,26H,4-5,12,15H2,1-2H3,(H,25,27). The summed E-state index contributed by atoms with van der Waals surface area (Å²) in [7, 11) is 1.49. The minimum Gasteiger partial charge on any atom is -0.504 e. The molecule has 1 heterocycles. The molecule has 1 amide bonds. The fourth-order valence-electron chi connectivity index (χ4n) is 3.40. The second-order valence-corrected chi connectivity index (χ2v) is 7.21. The number of hydrogen-bond donors (Lipinski definition) is 3. The summed E-state index contributed by atoms with van der Waals surface area (Å²) >= 11 is 0.